The zero-order valence-corrected chi connectivity index (χ0v) is 12.6. The Morgan fingerprint density at radius 1 is 0.905 bits per heavy atom. The smallest absolute Gasteiger partial charge is 0.188 e. The summed E-state index contributed by atoms with van der Waals surface area (Å²) in [6.45, 7) is 0. The summed E-state index contributed by atoms with van der Waals surface area (Å²) in [6, 6.07) is 8.45. The molecule has 2 nitrogen and oxygen atoms in total. The van der Waals surface area contributed by atoms with E-state index in [0.29, 0.717) is 6.04 Å². The quantitative estimate of drug-likeness (QED) is 0.760. The summed E-state index contributed by atoms with van der Waals surface area (Å²) in [7, 11) is 0. The fourth-order valence-corrected chi connectivity index (χ4v) is 4.41. The second kappa shape index (κ2) is 5.32. The van der Waals surface area contributed by atoms with Crippen molar-refractivity contribution in [3.63, 3.8) is 0 Å². The Hall–Kier alpha value is -1.57. The van der Waals surface area contributed by atoms with Crippen LogP contribution in [-0.4, -0.2) is 4.57 Å². The molecule has 21 heavy (non-hydrogen) atoms. The number of hydrogen-bond donors (Lipinski definition) is 0. The standard InChI is InChI=1S/C19H23NO/c21-18-13-7-6-12-17-19(18)15-10-4-5-11-16(15)20(17)14-8-2-1-3-9-14/h6-7,12-14H,1-5,8-11H2. The van der Waals surface area contributed by atoms with E-state index in [1.54, 1.807) is 6.07 Å². The molecular weight excluding hydrogens is 258 g/mol. The third kappa shape index (κ3) is 2.12. The van der Waals surface area contributed by atoms with Gasteiger partial charge in [-0.15, -0.1) is 0 Å². The van der Waals surface area contributed by atoms with Crippen LogP contribution in [0.15, 0.2) is 29.1 Å². The van der Waals surface area contributed by atoms with E-state index in [2.05, 4.69) is 10.6 Å². The van der Waals surface area contributed by atoms with Gasteiger partial charge in [-0.25, -0.2) is 0 Å². The zero-order chi connectivity index (χ0) is 14.2. The number of aryl methyl sites for hydroxylation is 1. The van der Waals surface area contributed by atoms with Crippen molar-refractivity contribution in [1.82, 2.24) is 4.57 Å². The zero-order valence-electron chi connectivity index (χ0n) is 12.6. The third-order valence-electron chi connectivity index (χ3n) is 5.35. The molecule has 1 saturated carbocycles. The van der Waals surface area contributed by atoms with E-state index in [9.17, 15) is 4.79 Å². The van der Waals surface area contributed by atoms with E-state index in [4.69, 9.17) is 0 Å². The lowest BCUT2D eigenvalue weighted by molar-refractivity contribution is 0.351. The average Bonchev–Trinajstić information content (AvgIpc) is 2.74. The fourth-order valence-electron chi connectivity index (χ4n) is 4.41. The van der Waals surface area contributed by atoms with Crippen molar-refractivity contribution in [3.05, 3.63) is 45.7 Å². The normalized spacial score (nSPS) is 19.6. The maximum Gasteiger partial charge on any atom is 0.188 e. The largest absolute Gasteiger partial charge is 0.341 e. The molecule has 2 aliphatic carbocycles. The fraction of sp³-hybridized carbons (Fsp3) is 0.526. The molecule has 2 aromatic rings. The molecule has 0 radical (unpaired) electrons. The molecule has 0 spiro atoms. The van der Waals surface area contributed by atoms with Crippen LogP contribution in [0.1, 0.15) is 62.2 Å². The van der Waals surface area contributed by atoms with Gasteiger partial charge in [0.1, 0.15) is 0 Å². The Kier molecular flexibility index (Phi) is 3.33. The highest BCUT2D eigenvalue weighted by Gasteiger charge is 2.26. The van der Waals surface area contributed by atoms with Crippen molar-refractivity contribution in [2.75, 3.05) is 0 Å². The molecule has 0 bridgehead atoms. The monoisotopic (exact) mass is 281 g/mol. The van der Waals surface area contributed by atoms with Crippen LogP contribution in [-0.2, 0) is 12.8 Å². The molecule has 0 unspecified atom stereocenters. The van der Waals surface area contributed by atoms with E-state index in [1.165, 1.54) is 61.7 Å². The maximum atomic E-state index is 12.5. The molecule has 1 aromatic carbocycles. The van der Waals surface area contributed by atoms with E-state index in [-0.39, 0.29) is 5.43 Å². The van der Waals surface area contributed by atoms with Gasteiger partial charge in [-0.2, -0.15) is 0 Å². The number of rotatable bonds is 1. The van der Waals surface area contributed by atoms with Gasteiger partial charge in [0.25, 0.3) is 0 Å². The predicted molar refractivity (Wildman–Crippen MR) is 87.0 cm³/mol. The Morgan fingerprint density at radius 3 is 2.52 bits per heavy atom. The van der Waals surface area contributed by atoms with Crippen molar-refractivity contribution in [2.45, 2.75) is 63.8 Å². The number of nitrogens with zero attached hydrogens (tertiary/aromatic N) is 1. The summed E-state index contributed by atoms with van der Waals surface area (Å²) >= 11 is 0. The molecule has 0 N–H and O–H groups in total. The van der Waals surface area contributed by atoms with Crippen LogP contribution in [0.4, 0.5) is 0 Å². The summed E-state index contributed by atoms with van der Waals surface area (Å²) < 4.78 is 2.56. The van der Waals surface area contributed by atoms with Gasteiger partial charge < -0.3 is 4.57 Å². The lowest BCUT2D eigenvalue weighted by atomic mass is 9.93. The molecule has 110 valence electrons. The summed E-state index contributed by atoms with van der Waals surface area (Å²) in [5, 5.41) is 1.01. The van der Waals surface area contributed by atoms with Crippen molar-refractivity contribution >= 4 is 10.9 Å². The summed E-state index contributed by atoms with van der Waals surface area (Å²) in [5.74, 6) is 0. The Balaban J connectivity index is 2.02. The molecule has 0 aliphatic heterocycles. The lowest BCUT2D eigenvalue weighted by Gasteiger charge is -2.27. The first-order valence-electron chi connectivity index (χ1n) is 8.51. The van der Waals surface area contributed by atoms with Crippen molar-refractivity contribution < 1.29 is 0 Å². The second-order valence-corrected chi connectivity index (χ2v) is 6.64. The molecule has 1 heterocycles. The maximum absolute atomic E-state index is 12.5. The van der Waals surface area contributed by atoms with Gasteiger partial charge in [-0.3, -0.25) is 4.79 Å². The molecule has 1 fully saturated rings. The minimum Gasteiger partial charge on any atom is -0.341 e. The van der Waals surface area contributed by atoms with E-state index >= 15 is 0 Å². The lowest BCUT2D eigenvalue weighted by Crippen LogP contribution is -2.17. The highest BCUT2D eigenvalue weighted by atomic mass is 16.1. The first kappa shape index (κ1) is 13.1. The van der Waals surface area contributed by atoms with Crippen LogP contribution in [0.3, 0.4) is 0 Å². The Labute approximate surface area is 125 Å². The molecule has 0 saturated heterocycles. The first-order chi connectivity index (χ1) is 10.4. The third-order valence-corrected chi connectivity index (χ3v) is 5.35. The van der Waals surface area contributed by atoms with Crippen LogP contribution in [0.25, 0.3) is 10.9 Å². The Morgan fingerprint density at radius 2 is 1.67 bits per heavy atom. The number of fused-ring (bicyclic) bond motifs is 3. The molecule has 4 rings (SSSR count). The van der Waals surface area contributed by atoms with E-state index in [0.717, 1.165) is 18.2 Å². The summed E-state index contributed by atoms with van der Waals surface area (Å²) in [4.78, 5) is 12.5. The molecule has 2 heteroatoms. The minimum absolute atomic E-state index is 0.211. The molecule has 0 amide bonds. The topological polar surface area (TPSA) is 22.0 Å². The van der Waals surface area contributed by atoms with Gasteiger partial charge in [0.05, 0.1) is 10.9 Å². The molecular formula is C19H23NO. The van der Waals surface area contributed by atoms with Crippen LogP contribution in [0.2, 0.25) is 0 Å². The van der Waals surface area contributed by atoms with Gasteiger partial charge in [-0.1, -0.05) is 31.4 Å². The SMILES string of the molecule is O=c1ccccc2c1c1c(n2C2CCCCC2)CCCC1. The minimum atomic E-state index is 0.211. The summed E-state index contributed by atoms with van der Waals surface area (Å²) in [5.41, 5.74) is 4.25. The van der Waals surface area contributed by atoms with Gasteiger partial charge in [0, 0.05) is 11.7 Å². The van der Waals surface area contributed by atoms with Crippen molar-refractivity contribution in [3.8, 4) is 0 Å². The molecule has 2 aliphatic rings. The highest BCUT2D eigenvalue weighted by Crippen LogP contribution is 2.37. The number of aromatic nitrogens is 1. The van der Waals surface area contributed by atoms with Crippen LogP contribution in [0, 0.1) is 0 Å². The van der Waals surface area contributed by atoms with E-state index in [1.807, 2.05) is 12.1 Å². The number of hydrogen-bond acceptors (Lipinski definition) is 1. The van der Waals surface area contributed by atoms with Gasteiger partial charge in [0.2, 0.25) is 0 Å². The predicted octanol–water partition coefficient (Wildman–Crippen LogP) is 4.39. The second-order valence-electron chi connectivity index (χ2n) is 6.64. The van der Waals surface area contributed by atoms with Gasteiger partial charge in [-0.05, 0) is 56.2 Å². The summed E-state index contributed by atoms with van der Waals surface area (Å²) in [6.07, 6.45) is 11.4. The van der Waals surface area contributed by atoms with Crippen LogP contribution >= 0.6 is 0 Å². The first-order valence-corrected chi connectivity index (χ1v) is 8.51. The average molecular weight is 281 g/mol. The highest BCUT2D eigenvalue weighted by molar-refractivity contribution is 5.85. The van der Waals surface area contributed by atoms with E-state index < -0.39 is 0 Å². The van der Waals surface area contributed by atoms with Crippen molar-refractivity contribution in [2.24, 2.45) is 0 Å². The molecule has 1 aromatic heterocycles. The van der Waals surface area contributed by atoms with Crippen LogP contribution < -0.4 is 5.43 Å². The van der Waals surface area contributed by atoms with Gasteiger partial charge in [0.15, 0.2) is 5.43 Å². The van der Waals surface area contributed by atoms with Gasteiger partial charge >= 0.3 is 0 Å². The van der Waals surface area contributed by atoms with Crippen LogP contribution in [0.5, 0.6) is 0 Å². The van der Waals surface area contributed by atoms with Crippen molar-refractivity contribution in [1.29, 1.82) is 0 Å². The molecule has 0 atom stereocenters. The Bertz CT molecular complexity index is 722.